The molecule has 2 amide bonds. The van der Waals surface area contributed by atoms with Crippen LogP contribution in [0.3, 0.4) is 0 Å². The highest BCUT2D eigenvalue weighted by Crippen LogP contribution is 2.28. The summed E-state index contributed by atoms with van der Waals surface area (Å²) in [6.07, 6.45) is 0.140. The van der Waals surface area contributed by atoms with Crippen LogP contribution in [0.15, 0.2) is 108 Å². The van der Waals surface area contributed by atoms with E-state index in [2.05, 4.69) is 5.32 Å². The molecule has 224 valence electrons. The number of hydrogen-bond donors (Lipinski definition) is 1. The average Bonchev–Trinajstić information content (AvgIpc) is 2.99. The lowest BCUT2D eigenvalue weighted by Gasteiger charge is -2.34. The molecule has 0 unspecified atom stereocenters. The molecule has 7 nitrogen and oxygen atoms in total. The maximum absolute atomic E-state index is 14.9. The van der Waals surface area contributed by atoms with Crippen LogP contribution in [0.2, 0.25) is 5.02 Å². The van der Waals surface area contributed by atoms with Gasteiger partial charge in [0.25, 0.3) is 10.0 Å². The van der Waals surface area contributed by atoms with E-state index in [-0.39, 0.29) is 23.4 Å². The Morgan fingerprint density at radius 3 is 2.16 bits per heavy atom. The van der Waals surface area contributed by atoms with E-state index < -0.39 is 40.2 Å². The Morgan fingerprint density at radius 1 is 0.884 bits per heavy atom. The van der Waals surface area contributed by atoms with Gasteiger partial charge in [-0.05, 0) is 61.4 Å². The largest absolute Gasteiger partial charge is 0.355 e. The minimum atomic E-state index is -4.27. The lowest BCUT2D eigenvalue weighted by molar-refractivity contribution is -0.140. The van der Waals surface area contributed by atoms with Crippen molar-refractivity contribution in [2.45, 2.75) is 37.8 Å². The van der Waals surface area contributed by atoms with Gasteiger partial charge in [-0.2, -0.15) is 0 Å². The molecule has 4 rings (SSSR count). The number of amides is 2. The van der Waals surface area contributed by atoms with E-state index in [4.69, 9.17) is 11.6 Å². The standard InChI is InChI=1S/C33H33ClFN3O4S/c1-3-36-33(40)31(21-25-12-5-4-6-13-25)37(22-26-14-8-9-15-29(26)35)32(39)23-38(30-16-10-7-11-24(30)2)43(41,42)28-19-17-27(34)18-20-28/h4-20,31H,3,21-23H2,1-2H3,(H,36,40)/t31-/m0/s1. The summed E-state index contributed by atoms with van der Waals surface area (Å²) >= 11 is 6.02. The number of likely N-dealkylation sites (N-methyl/N-ethyl adjacent to an activating group) is 1. The number of carbonyl (C=O) groups is 2. The number of carbonyl (C=O) groups excluding carboxylic acids is 2. The number of para-hydroxylation sites is 1. The normalized spacial score (nSPS) is 11.9. The van der Waals surface area contributed by atoms with Crippen molar-refractivity contribution in [1.82, 2.24) is 10.2 Å². The molecule has 1 N–H and O–H groups in total. The van der Waals surface area contributed by atoms with Crippen molar-refractivity contribution in [3.63, 3.8) is 0 Å². The second kappa shape index (κ2) is 14.3. The Hall–Kier alpha value is -4.21. The molecule has 4 aromatic carbocycles. The zero-order valence-corrected chi connectivity index (χ0v) is 25.5. The van der Waals surface area contributed by atoms with Crippen molar-refractivity contribution < 1.29 is 22.4 Å². The maximum atomic E-state index is 14.9. The number of sulfonamides is 1. The van der Waals surface area contributed by atoms with Crippen LogP contribution < -0.4 is 9.62 Å². The molecule has 0 aliphatic carbocycles. The molecule has 0 fully saturated rings. The molecule has 1 atom stereocenters. The summed E-state index contributed by atoms with van der Waals surface area (Å²) in [6.45, 7) is 2.94. The second-order valence-electron chi connectivity index (χ2n) is 9.97. The van der Waals surface area contributed by atoms with Crippen LogP contribution in [-0.2, 0) is 32.6 Å². The minimum Gasteiger partial charge on any atom is -0.355 e. The van der Waals surface area contributed by atoms with Gasteiger partial charge in [-0.25, -0.2) is 12.8 Å². The minimum absolute atomic E-state index is 0.0573. The van der Waals surface area contributed by atoms with Crippen LogP contribution in [0, 0.1) is 12.7 Å². The molecule has 0 aliphatic heterocycles. The van der Waals surface area contributed by atoms with Crippen LogP contribution in [0.25, 0.3) is 0 Å². The molecule has 0 aliphatic rings. The van der Waals surface area contributed by atoms with E-state index in [1.165, 1.54) is 47.4 Å². The van der Waals surface area contributed by atoms with Crippen molar-refractivity contribution in [1.29, 1.82) is 0 Å². The lowest BCUT2D eigenvalue weighted by Crippen LogP contribution is -2.53. The monoisotopic (exact) mass is 621 g/mol. The van der Waals surface area contributed by atoms with E-state index in [1.807, 2.05) is 30.3 Å². The zero-order valence-electron chi connectivity index (χ0n) is 23.9. The van der Waals surface area contributed by atoms with Gasteiger partial charge in [0.1, 0.15) is 18.4 Å². The lowest BCUT2D eigenvalue weighted by atomic mass is 10.0. The number of benzene rings is 4. The number of aryl methyl sites for hydroxylation is 1. The molecule has 0 bridgehead atoms. The maximum Gasteiger partial charge on any atom is 0.264 e. The molecule has 43 heavy (non-hydrogen) atoms. The summed E-state index contributed by atoms with van der Waals surface area (Å²) in [5.74, 6) is -1.64. The van der Waals surface area contributed by atoms with Gasteiger partial charge in [0.2, 0.25) is 11.8 Å². The molecule has 0 radical (unpaired) electrons. The van der Waals surface area contributed by atoms with Gasteiger partial charge in [-0.15, -0.1) is 0 Å². The molecule has 10 heteroatoms. The number of nitrogens with zero attached hydrogens (tertiary/aromatic N) is 2. The van der Waals surface area contributed by atoms with Gasteiger partial charge in [-0.3, -0.25) is 13.9 Å². The van der Waals surface area contributed by atoms with Crippen molar-refractivity contribution >= 4 is 39.1 Å². The van der Waals surface area contributed by atoms with Gasteiger partial charge in [0, 0.05) is 30.1 Å². The van der Waals surface area contributed by atoms with Crippen molar-refractivity contribution in [3.8, 4) is 0 Å². The summed E-state index contributed by atoms with van der Waals surface area (Å²) in [5, 5.41) is 3.15. The predicted octanol–water partition coefficient (Wildman–Crippen LogP) is 5.76. The quantitative estimate of drug-likeness (QED) is 0.218. The van der Waals surface area contributed by atoms with E-state index in [1.54, 1.807) is 44.2 Å². The molecule has 0 saturated heterocycles. The van der Waals surface area contributed by atoms with Crippen LogP contribution in [0.5, 0.6) is 0 Å². The van der Waals surface area contributed by atoms with Crippen LogP contribution in [0.4, 0.5) is 10.1 Å². The van der Waals surface area contributed by atoms with Crippen LogP contribution in [0.1, 0.15) is 23.6 Å². The van der Waals surface area contributed by atoms with Crippen molar-refractivity contribution in [3.05, 3.63) is 131 Å². The third kappa shape index (κ3) is 7.80. The molecule has 0 spiro atoms. The Kier molecular flexibility index (Phi) is 10.6. The summed E-state index contributed by atoms with van der Waals surface area (Å²) in [4.78, 5) is 29.0. The topological polar surface area (TPSA) is 86.8 Å². The van der Waals surface area contributed by atoms with E-state index in [0.29, 0.717) is 22.8 Å². The van der Waals surface area contributed by atoms with E-state index in [0.717, 1.165) is 9.87 Å². The highest BCUT2D eigenvalue weighted by molar-refractivity contribution is 7.92. The SMILES string of the molecule is CCNC(=O)[C@H](Cc1ccccc1)N(Cc1ccccc1F)C(=O)CN(c1ccccc1C)S(=O)(=O)c1ccc(Cl)cc1. The van der Waals surface area contributed by atoms with Crippen LogP contribution >= 0.6 is 11.6 Å². The van der Waals surface area contributed by atoms with Gasteiger partial charge < -0.3 is 10.2 Å². The van der Waals surface area contributed by atoms with Gasteiger partial charge in [0.05, 0.1) is 10.6 Å². The smallest absolute Gasteiger partial charge is 0.264 e. The zero-order chi connectivity index (χ0) is 31.0. The Balaban J connectivity index is 1.81. The number of anilines is 1. The fraction of sp³-hybridized carbons (Fsp3) is 0.212. The summed E-state index contributed by atoms with van der Waals surface area (Å²) in [6, 6.07) is 26.6. The molecule has 0 aromatic heterocycles. The fourth-order valence-electron chi connectivity index (χ4n) is 4.75. The number of hydrogen-bond acceptors (Lipinski definition) is 4. The van der Waals surface area contributed by atoms with E-state index in [9.17, 15) is 22.4 Å². The summed E-state index contributed by atoms with van der Waals surface area (Å²) < 4.78 is 44.0. The van der Waals surface area contributed by atoms with Crippen molar-refractivity contribution in [2.24, 2.45) is 0 Å². The first-order valence-electron chi connectivity index (χ1n) is 13.8. The van der Waals surface area contributed by atoms with Crippen molar-refractivity contribution in [2.75, 3.05) is 17.4 Å². The first kappa shape index (κ1) is 31.7. The summed E-state index contributed by atoms with van der Waals surface area (Å²) in [7, 11) is -4.27. The number of rotatable bonds is 12. The van der Waals surface area contributed by atoms with Crippen LogP contribution in [-0.4, -0.2) is 44.3 Å². The highest BCUT2D eigenvalue weighted by atomic mass is 35.5. The van der Waals surface area contributed by atoms with Gasteiger partial charge in [0.15, 0.2) is 0 Å². The molecule has 0 heterocycles. The Labute approximate surface area is 257 Å². The summed E-state index contributed by atoms with van der Waals surface area (Å²) in [5.41, 5.74) is 1.91. The van der Waals surface area contributed by atoms with E-state index >= 15 is 0 Å². The molecular weight excluding hydrogens is 589 g/mol. The Morgan fingerprint density at radius 2 is 1.51 bits per heavy atom. The van der Waals surface area contributed by atoms with Gasteiger partial charge >= 0.3 is 0 Å². The number of nitrogens with one attached hydrogen (secondary N) is 1. The molecular formula is C33H33ClFN3O4S. The Bertz CT molecular complexity index is 1670. The highest BCUT2D eigenvalue weighted by Gasteiger charge is 2.35. The first-order chi connectivity index (χ1) is 20.6. The first-order valence-corrected chi connectivity index (χ1v) is 15.6. The third-order valence-electron chi connectivity index (χ3n) is 6.99. The van der Waals surface area contributed by atoms with Gasteiger partial charge in [-0.1, -0.05) is 78.3 Å². The average molecular weight is 622 g/mol. The fourth-order valence-corrected chi connectivity index (χ4v) is 6.35. The second-order valence-corrected chi connectivity index (χ2v) is 12.3. The third-order valence-corrected chi connectivity index (χ3v) is 9.01. The number of halogens is 2. The molecule has 4 aromatic rings. The molecule has 0 saturated carbocycles. The predicted molar refractivity (Wildman–Crippen MR) is 167 cm³/mol.